The van der Waals surface area contributed by atoms with E-state index >= 15 is 0 Å². The van der Waals surface area contributed by atoms with Crippen molar-refractivity contribution in [3.8, 4) is 0 Å². The maximum atomic E-state index is 12.9. The highest BCUT2D eigenvalue weighted by atomic mass is 32.2. The van der Waals surface area contributed by atoms with Gasteiger partial charge < -0.3 is 4.90 Å². The van der Waals surface area contributed by atoms with Crippen LogP contribution in [-0.2, 0) is 10.0 Å². The van der Waals surface area contributed by atoms with Gasteiger partial charge in [0, 0.05) is 26.2 Å². The monoisotopic (exact) mass is 392 g/mol. The van der Waals surface area contributed by atoms with Gasteiger partial charge in [-0.15, -0.1) is 11.3 Å². The predicted octanol–water partition coefficient (Wildman–Crippen LogP) is 3.41. The third-order valence-electron chi connectivity index (χ3n) is 4.96. The van der Waals surface area contributed by atoms with E-state index in [0.29, 0.717) is 41.9 Å². The fourth-order valence-electron chi connectivity index (χ4n) is 3.04. The molecule has 0 bridgehead atoms. The van der Waals surface area contributed by atoms with Gasteiger partial charge in [-0.2, -0.15) is 4.31 Å². The second kappa shape index (κ2) is 7.90. The maximum Gasteiger partial charge on any atom is 0.264 e. The van der Waals surface area contributed by atoms with E-state index < -0.39 is 10.0 Å². The number of carbonyl (C=O) groups is 1. The van der Waals surface area contributed by atoms with Gasteiger partial charge in [0.15, 0.2) is 0 Å². The number of hydrogen-bond donors (Lipinski definition) is 0. The van der Waals surface area contributed by atoms with Gasteiger partial charge in [-0.05, 0) is 41.5 Å². The lowest BCUT2D eigenvalue weighted by molar-refractivity contribution is 0.0703. The number of thiophene rings is 1. The molecular weight excluding hydrogens is 368 g/mol. The third kappa shape index (κ3) is 3.84. The molecule has 140 valence electrons. The highest BCUT2D eigenvalue weighted by Gasteiger charge is 2.30. The molecule has 1 atom stereocenters. The number of amides is 1. The first-order chi connectivity index (χ1) is 12.4. The molecule has 1 amide bonds. The molecule has 0 N–H and O–H groups in total. The molecular formula is C19H24N2O3S2. The minimum absolute atomic E-state index is 0.0186. The van der Waals surface area contributed by atoms with Crippen molar-refractivity contribution in [1.82, 2.24) is 9.21 Å². The van der Waals surface area contributed by atoms with Crippen molar-refractivity contribution in [1.29, 1.82) is 0 Å². The quantitative estimate of drug-likeness (QED) is 0.783. The van der Waals surface area contributed by atoms with E-state index in [0.717, 1.165) is 12.0 Å². The summed E-state index contributed by atoms with van der Waals surface area (Å²) in [4.78, 5) is 15.1. The van der Waals surface area contributed by atoms with Crippen molar-refractivity contribution in [3.05, 3.63) is 52.2 Å². The molecule has 2 heterocycles. The summed E-state index contributed by atoms with van der Waals surface area (Å²) in [5, 5.41) is 1.87. The Morgan fingerprint density at radius 1 is 1.12 bits per heavy atom. The number of nitrogens with zero attached hydrogens (tertiary/aromatic N) is 2. The number of rotatable bonds is 5. The first-order valence-electron chi connectivity index (χ1n) is 8.86. The lowest BCUT2D eigenvalue weighted by Gasteiger charge is -2.33. The molecule has 0 spiro atoms. The van der Waals surface area contributed by atoms with Crippen LogP contribution in [0.5, 0.6) is 0 Å². The molecule has 1 aliphatic heterocycles. The van der Waals surface area contributed by atoms with Crippen molar-refractivity contribution in [2.75, 3.05) is 26.2 Å². The fraction of sp³-hybridized carbons (Fsp3) is 0.421. The normalized spacial score (nSPS) is 17.2. The molecule has 0 aliphatic carbocycles. The van der Waals surface area contributed by atoms with Gasteiger partial charge in [-0.25, -0.2) is 8.42 Å². The van der Waals surface area contributed by atoms with Crippen LogP contribution in [0.2, 0.25) is 0 Å². The van der Waals surface area contributed by atoms with Crippen LogP contribution in [-0.4, -0.2) is 49.7 Å². The fourth-order valence-corrected chi connectivity index (χ4v) is 5.15. The van der Waals surface area contributed by atoms with Crippen LogP contribution >= 0.6 is 11.3 Å². The van der Waals surface area contributed by atoms with Gasteiger partial charge >= 0.3 is 0 Å². The van der Waals surface area contributed by atoms with Crippen molar-refractivity contribution in [3.63, 3.8) is 0 Å². The smallest absolute Gasteiger partial charge is 0.264 e. The summed E-state index contributed by atoms with van der Waals surface area (Å²) in [7, 11) is -3.52. The van der Waals surface area contributed by atoms with Crippen molar-refractivity contribution < 1.29 is 13.2 Å². The van der Waals surface area contributed by atoms with Gasteiger partial charge in [0.2, 0.25) is 10.0 Å². The summed E-state index contributed by atoms with van der Waals surface area (Å²) in [6.45, 7) is 5.74. The van der Waals surface area contributed by atoms with Gasteiger partial charge in [-0.1, -0.05) is 32.0 Å². The summed E-state index contributed by atoms with van der Waals surface area (Å²) in [6.07, 6.45) is 1.02. The zero-order chi connectivity index (χ0) is 18.7. The summed E-state index contributed by atoms with van der Waals surface area (Å²) < 4.78 is 27.2. The van der Waals surface area contributed by atoms with Crippen LogP contribution < -0.4 is 0 Å². The van der Waals surface area contributed by atoms with Gasteiger partial charge in [0.05, 0.1) is 9.77 Å². The van der Waals surface area contributed by atoms with E-state index in [1.807, 2.05) is 23.6 Å². The van der Waals surface area contributed by atoms with Gasteiger partial charge in [0.1, 0.15) is 0 Å². The Hall–Kier alpha value is -1.70. The van der Waals surface area contributed by atoms with Crippen molar-refractivity contribution >= 4 is 27.3 Å². The lowest BCUT2D eigenvalue weighted by Crippen LogP contribution is -2.50. The van der Waals surface area contributed by atoms with E-state index in [2.05, 4.69) is 13.8 Å². The van der Waals surface area contributed by atoms with Crippen LogP contribution in [0.3, 0.4) is 0 Å². The molecule has 0 unspecified atom stereocenters. The van der Waals surface area contributed by atoms with E-state index in [-0.39, 0.29) is 5.91 Å². The molecule has 1 fully saturated rings. The van der Waals surface area contributed by atoms with Crippen LogP contribution in [0.1, 0.15) is 41.4 Å². The van der Waals surface area contributed by atoms with Gasteiger partial charge in [-0.3, -0.25) is 4.79 Å². The predicted molar refractivity (Wildman–Crippen MR) is 104 cm³/mol. The minimum atomic E-state index is -3.52. The Morgan fingerprint density at radius 2 is 1.77 bits per heavy atom. The average Bonchev–Trinajstić information content (AvgIpc) is 3.21. The minimum Gasteiger partial charge on any atom is -0.335 e. The highest BCUT2D eigenvalue weighted by molar-refractivity contribution is 7.89. The Morgan fingerprint density at radius 3 is 2.31 bits per heavy atom. The Labute approximate surface area is 159 Å². The van der Waals surface area contributed by atoms with E-state index in [9.17, 15) is 13.2 Å². The topological polar surface area (TPSA) is 57.7 Å². The zero-order valence-corrected chi connectivity index (χ0v) is 16.7. The molecule has 2 aromatic rings. The molecule has 0 saturated carbocycles. The molecule has 26 heavy (non-hydrogen) atoms. The lowest BCUT2D eigenvalue weighted by atomic mass is 9.99. The van der Waals surface area contributed by atoms with Crippen LogP contribution in [0.25, 0.3) is 0 Å². The molecule has 1 aliphatic rings. The molecule has 1 aromatic heterocycles. The number of carbonyl (C=O) groups excluding carboxylic acids is 1. The molecule has 3 rings (SSSR count). The number of sulfonamides is 1. The summed E-state index contributed by atoms with van der Waals surface area (Å²) in [5.41, 5.74) is 1.15. The van der Waals surface area contributed by atoms with Crippen LogP contribution in [0.15, 0.2) is 46.7 Å². The van der Waals surface area contributed by atoms with E-state index in [1.54, 1.807) is 23.1 Å². The second-order valence-corrected chi connectivity index (χ2v) is 9.44. The number of benzene rings is 1. The summed E-state index contributed by atoms with van der Waals surface area (Å²) >= 11 is 1.41. The summed E-state index contributed by atoms with van der Waals surface area (Å²) in [5.74, 6) is 0.397. The second-order valence-electron chi connectivity index (χ2n) is 6.55. The van der Waals surface area contributed by atoms with Crippen molar-refractivity contribution in [2.45, 2.75) is 31.1 Å². The van der Waals surface area contributed by atoms with Crippen LogP contribution in [0.4, 0.5) is 0 Å². The molecule has 5 nitrogen and oxygen atoms in total. The van der Waals surface area contributed by atoms with E-state index in [4.69, 9.17) is 0 Å². The number of piperazine rings is 1. The summed E-state index contributed by atoms with van der Waals surface area (Å²) in [6, 6.07) is 10.8. The SMILES string of the molecule is CC[C@H](C)c1ccc(S(=O)(=O)N2CCN(C(=O)c3cccs3)CC2)cc1. The van der Waals surface area contributed by atoms with Crippen LogP contribution in [0, 0.1) is 0 Å². The highest BCUT2D eigenvalue weighted by Crippen LogP contribution is 2.23. The first-order valence-corrected chi connectivity index (χ1v) is 11.2. The Balaban J connectivity index is 1.67. The van der Waals surface area contributed by atoms with E-state index in [1.165, 1.54) is 15.6 Å². The zero-order valence-electron chi connectivity index (χ0n) is 15.1. The first kappa shape index (κ1) is 19.1. The molecule has 1 saturated heterocycles. The maximum absolute atomic E-state index is 12.9. The Bertz CT molecular complexity index is 837. The molecule has 1 aromatic carbocycles. The van der Waals surface area contributed by atoms with Gasteiger partial charge in [0.25, 0.3) is 5.91 Å². The molecule has 7 heteroatoms. The largest absolute Gasteiger partial charge is 0.335 e. The number of hydrogen-bond acceptors (Lipinski definition) is 4. The standard InChI is InChI=1S/C19H24N2O3S2/c1-3-15(2)16-6-8-17(9-7-16)26(23,24)21-12-10-20(11-13-21)19(22)18-5-4-14-25-18/h4-9,14-15H,3,10-13H2,1-2H3/t15-/m0/s1. The third-order valence-corrected chi connectivity index (χ3v) is 7.73. The molecule has 0 radical (unpaired) electrons. The Kier molecular flexibility index (Phi) is 5.79. The average molecular weight is 393 g/mol. The van der Waals surface area contributed by atoms with Crippen molar-refractivity contribution in [2.24, 2.45) is 0 Å².